The van der Waals surface area contributed by atoms with Gasteiger partial charge in [-0.25, -0.2) is 0 Å². The van der Waals surface area contributed by atoms with Crippen molar-refractivity contribution in [2.24, 2.45) is 0 Å². The standard InChI is InChI=1S/C17H11.2C4H9.Zr/c1-3-7-15-12(5-1)9-10-14-11-13-6-2-4-8-16(13)17(14)15;2*1-3-4-2;/h1-11H;2*1,3-4H2,2H3;/q3*-1;+3. The molecular formula is C25H29Zr. The molecule has 4 aromatic carbocycles. The molecule has 1 heteroatoms. The van der Waals surface area contributed by atoms with Gasteiger partial charge in [-0.15, -0.1) is 39.7 Å². The van der Waals surface area contributed by atoms with Crippen LogP contribution in [0, 0.1) is 13.8 Å². The van der Waals surface area contributed by atoms with Gasteiger partial charge in [0.05, 0.1) is 0 Å². The number of unbranched alkanes of at least 4 members (excludes halogenated alkanes) is 2. The predicted molar refractivity (Wildman–Crippen MR) is 115 cm³/mol. The van der Waals surface area contributed by atoms with Crippen LogP contribution in [0.5, 0.6) is 0 Å². The molecule has 4 rings (SSSR count). The van der Waals surface area contributed by atoms with Crippen molar-refractivity contribution < 1.29 is 26.2 Å². The van der Waals surface area contributed by atoms with Crippen LogP contribution in [0.4, 0.5) is 0 Å². The van der Waals surface area contributed by atoms with E-state index in [1.807, 2.05) is 0 Å². The first-order chi connectivity index (χ1) is 12.3. The first kappa shape index (κ1) is 22.7. The average molecular weight is 421 g/mol. The van der Waals surface area contributed by atoms with Gasteiger partial charge in [-0.05, 0) is 5.39 Å². The number of fused-ring (bicyclic) bond motifs is 5. The van der Waals surface area contributed by atoms with Gasteiger partial charge >= 0.3 is 26.2 Å². The van der Waals surface area contributed by atoms with Gasteiger partial charge in [-0.3, -0.25) is 0 Å². The Kier molecular flexibility index (Phi) is 10.6. The second-order valence-corrected chi connectivity index (χ2v) is 6.19. The summed E-state index contributed by atoms with van der Waals surface area (Å²) in [7, 11) is 0. The van der Waals surface area contributed by atoms with Gasteiger partial charge < -0.3 is 13.8 Å². The summed E-state index contributed by atoms with van der Waals surface area (Å²) >= 11 is 0. The van der Waals surface area contributed by atoms with Crippen molar-refractivity contribution in [2.45, 2.75) is 39.5 Å². The van der Waals surface area contributed by atoms with Crippen LogP contribution < -0.4 is 0 Å². The molecule has 0 aromatic heterocycles. The van der Waals surface area contributed by atoms with E-state index in [0.717, 1.165) is 12.8 Å². The van der Waals surface area contributed by atoms with E-state index in [1.54, 1.807) is 0 Å². The van der Waals surface area contributed by atoms with Gasteiger partial charge in [-0.1, -0.05) is 80.6 Å². The van der Waals surface area contributed by atoms with Crippen molar-refractivity contribution in [3.05, 3.63) is 80.6 Å². The second kappa shape index (κ2) is 12.1. The summed E-state index contributed by atoms with van der Waals surface area (Å²) in [6.07, 6.45) is 4.56. The molecule has 0 atom stereocenters. The molecule has 4 aromatic rings. The third kappa shape index (κ3) is 5.58. The quantitative estimate of drug-likeness (QED) is 0.287. The van der Waals surface area contributed by atoms with Gasteiger partial charge in [0.15, 0.2) is 0 Å². The van der Waals surface area contributed by atoms with E-state index in [9.17, 15) is 0 Å². The Morgan fingerprint density at radius 1 is 0.692 bits per heavy atom. The van der Waals surface area contributed by atoms with Gasteiger partial charge in [0, 0.05) is 0 Å². The van der Waals surface area contributed by atoms with Crippen molar-refractivity contribution in [3.63, 3.8) is 0 Å². The molecule has 0 nitrogen and oxygen atoms in total. The molecule has 0 saturated heterocycles. The Morgan fingerprint density at radius 2 is 1.23 bits per heavy atom. The summed E-state index contributed by atoms with van der Waals surface area (Å²) in [6.45, 7) is 11.4. The summed E-state index contributed by atoms with van der Waals surface area (Å²) in [5, 5.41) is 8.09. The molecule has 0 fully saturated rings. The maximum absolute atomic E-state index is 3.60. The Morgan fingerprint density at radius 3 is 1.85 bits per heavy atom. The zero-order valence-corrected chi connectivity index (χ0v) is 18.6. The molecule has 0 unspecified atom stereocenters. The Bertz CT molecular complexity index is 888. The SMILES string of the molecule is [CH2-]CCC.[CH2-]CCC.[Zr+3].c1ccc2c(c1)ccc1[cH-]c3ccccc3c12. The maximum atomic E-state index is 3.60. The fraction of sp³-hybridized carbons (Fsp3) is 0.240. The van der Waals surface area contributed by atoms with E-state index in [4.69, 9.17) is 0 Å². The van der Waals surface area contributed by atoms with E-state index in [-0.39, 0.29) is 26.2 Å². The topological polar surface area (TPSA) is 0 Å². The minimum Gasteiger partial charge on any atom is -0.343 e. The molecule has 0 N–H and O–H groups in total. The number of hydrogen-bond acceptors (Lipinski definition) is 0. The summed E-state index contributed by atoms with van der Waals surface area (Å²) in [4.78, 5) is 0. The molecule has 0 bridgehead atoms. The molecule has 0 amide bonds. The van der Waals surface area contributed by atoms with E-state index >= 15 is 0 Å². The van der Waals surface area contributed by atoms with Crippen molar-refractivity contribution in [1.29, 1.82) is 0 Å². The van der Waals surface area contributed by atoms with E-state index in [2.05, 4.69) is 94.4 Å². The monoisotopic (exact) mass is 419 g/mol. The zero-order chi connectivity index (χ0) is 18.1. The normalized spacial score (nSPS) is 9.85. The molecule has 0 aliphatic heterocycles. The van der Waals surface area contributed by atoms with Crippen molar-refractivity contribution in [2.75, 3.05) is 0 Å². The third-order valence-electron chi connectivity index (χ3n) is 4.21. The molecule has 0 spiro atoms. The Balaban J connectivity index is 0.000000324. The molecule has 0 heterocycles. The van der Waals surface area contributed by atoms with Crippen molar-refractivity contribution in [3.8, 4) is 0 Å². The van der Waals surface area contributed by atoms with Crippen LogP contribution >= 0.6 is 0 Å². The minimum atomic E-state index is 0. The summed E-state index contributed by atoms with van der Waals surface area (Å²) in [5.74, 6) is 0. The number of hydrogen-bond donors (Lipinski definition) is 0. The molecule has 0 aliphatic rings. The summed E-state index contributed by atoms with van der Waals surface area (Å²) in [5.41, 5.74) is 0. The van der Waals surface area contributed by atoms with Crippen LogP contribution in [0.2, 0.25) is 0 Å². The average Bonchev–Trinajstić information content (AvgIpc) is 3.07. The number of rotatable bonds is 2. The fourth-order valence-corrected chi connectivity index (χ4v) is 2.73. The van der Waals surface area contributed by atoms with Crippen LogP contribution in [0.25, 0.3) is 32.3 Å². The van der Waals surface area contributed by atoms with Gasteiger partial charge in [0.2, 0.25) is 0 Å². The Labute approximate surface area is 178 Å². The van der Waals surface area contributed by atoms with Gasteiger partial charge in [0.1, 0.15) is 0 Å². The fourth-order valence-electron chi connectivity index (χ4n) is 2.73. The molecular weight excluding hydrogens is 391 g/mol. The first-order valence-electron chi connectivity index (χ1n) is 9.31. The van der Waals surface area contributed by atoms with Crippen LogP contribution in [0.3, 0.4) is 0 Å². The van der Waals surface area contributed by atoms with Crippen molar-refractivity contribution >= 4 is 32.3 Å². The Hall–Kier alpha value is -1.33. The molecule has 26 heavy (non-hydrogen) atoms. The van der Waals surface area contributed by atoms with E-state index in [1.165, 1.54) is 45.2 Å². The van der Waals surface area contributed by atoms with Gasteiger partial charge in [0.25, 0.3) is 0 Å². The van der Waals surface area contributed by atoms with Crippen LogP contribution in [0.1, 0.15) is 39.5 Å². The molecule has 0 aliphatic carbocycles. The molecule has 1 radical (unpaired) electrons. The summed E-state index contributed by atoms with van der Waals surface area (Å²) in [6, 6.07) is 23.9. The zero-order valence-electron chi connectivity index (χ0n) is 16.1. The van der Waals surface area contributed by atoms with Crippen molar-refractivity contribution in [1.82, 2.24) is 0 Å². The minimum absolute atomic E-state index is 0. The first-order valence-corrected chi connectivity index (χ1v) is 9.31. The predicted octanol–water partition coefficient (Wildman–Crippen LogP) is 8.10. The van der Waals surface area contributed by atoms with Crippen LogP contribution in [0.15, 0.2) is 66.7 Å². The van der Waals surface area contributed by atoms with Crippen LogP contribution in [-0.2, 0) is 26.2 Å². The molecule has 0 saturated carbocycles. The largest absolute Gasteiger partial charge is 3.00 e. The maximum Gasteiger partial charge on any atom is 3.00 e. The number of benzene rings is 3. The second-order valence-electron chi connectivity index (χ2n) is 6.19. The third-order valence-corrected chi connectivity index (χ3v) is 4.21. The van der Waals surface area contributed by atoms with E-state index < -0.39 is 0 Å². The molecule has 133 valence electrons. The smallest absolute Gasteiger partial charge is 0.343 e. The van der Waals surface area contributed by atoms with E-state index in [0.29, 0.717) is 0 Å². The van der Waals surface area contributed by atoms with Crippen LogP contribution in [-0.4, -0.2) is 0 Å². The van der Waals surface area contributed by atoms with Gasteiger partial charge in [-0.2, -0.15) is 12.8 Å². The summed E-state index contributed by atoms with van der Waals surface area (Å²) < 4.78 is 0.